The Bertz CT molecular complexity index is 840. The first kappa shape index (κ1) is 14.3. The van der Waals surface area contributed by atoms with Gasteiger partial charge in [0.25, 0.3) is 0 Å². The van der Waals surface area contributed by atoms with Gasteiger partial charge in [0.1, 0.15) is 0 Å². The Balaban J connectivity index is 2.26. The lowest BCUT2D eigenvalue weighted by molar-refractivity contribution is 0.356. The molecule has 0 aliphatic rings. The smallest absolute Gasteiger partial charge is 0.200 e. The number of nitrogens with zero attached hydrogens (tertiary/aromatic N) is 2. The molecule has 0 radical (unpaired) electrons. The predicted molar refractivity (Wildman–Crippen MR) is 87.3 cm³/mol. The van der Waals surface area contributed by atoms with Gasteiger partial charge in [-0.15, -0.1) is 0 Å². The quantitative estimate of drug-likeness (QED) is 0.748. The van der Waals surface area contributed by atoms with Crippen molar-refractivity contribution in [2.45, 2.75) is 0 Å². The topological polar surface area (TPSA) is 52.1 Å². The third-order valence-electron chi connectivity index (χ3n) is 3.33. The van der Waals surface area contributed by atoms with E-state index in [1.54, 1.807) is 14.2 Å². The van der Waals surface area contributed by atoms with Crippen LogP contribution < -0.4 is 9.47 Å². The Labute approximate surface area is 133 Å². The molecule has 1 N–H and O–H groups in total. The van der Waals surface area contributed by atoms with E-state index in [4.69, 9.17) is 21.7 Å². The summed E-state index contributed by atoms with van der Waals surface area (Å²) < 4.78 is 13.2. The lowest BCUT2D eigenvalue weighted by Gasteiger charge is -2.13. The molecule has 0 bridgehead atoms. The van der Waals surface area contributed by atoms with Gasteiger partial charge in [-0.3, -0.25) is 9.67 Å². The average Bonchev–Trinajstić information content (AvgIpc) is 2.96. The summed E-state index contributed by atoms with van der Waals surface area (Å²) in [5.74, 6) is 1.94. The molecule has 0 atom stereocenters. The molecule has 3 rings (SSSR count). The molecular weight excluding hydrogens is 298 g/mol. The van der Waals surface area contributed by atoms with Gasteiger partial charge < -0.3 is 9.47 Å². The Hall–Kier alpha value is -2.60. The molecule has 5 nitrogen and oxygen atoms in total. The highest BCUT2D eigenvalue weighted by Crippen LogP contribution is 2.37. The summed E-state index contributed by atoms with van der Waals surface area (Å²) in [7, 11) is 3.21. The van der Waals surface area contributed by atoms with Crippen molar-refractivity contribution in [2.24, 2.45) is 0 Å². The number of nitrogens with one attached hydrogen (secondary N) is 1. The number of ether oxygens (including phenoxy) is 2. The lowest BCUT2D eigenvalue weighted by Crippen LogP contribution is -2.00. The third-order valence-corrected chi connectivity index (χ3v) is 3.60. The van der Waals surface area contributed by atoms with Gasteiger partial charge in [0, 0.05) is 5.69 Å². The standard InChI is InChI=1S/C16H15N3O2S/c1-20-13-10-6-9-12(14(13)21-2)15-17-18-16(22)19(15)11-7-4-3-5-8-11/h3-10H,1-2H3,(H,18,22). The molecule has 22 heavy (non-hydrogen) atoms. The number of aromatic amines is 1. The third kappa shape index (κ3) is 2.37. The molecule has 112 valence electrons. The number of hydrogen-bond acceptors (Lipinski definition) is 4. The van der Waals surface area contributed by atoms with E-state index in [9.17, 15) is 0 Å². The molecule has 1 heterocycles. The molecule has 1 aromatic heterocycles. The maximum atomic E-state index is 5.50. The second-order valence-corrected chi connectivity index (χ2v) is 4.95. The van der Waals surface area contributed by atoms with Crippen molar-refractivity contribution in [1.29, 1.82) is 0 Å². The van der Waals surface area contributed by atoms with Crippen LogP contribution in [0.5, 0.6) is 11.5 Å². The number of aromatic nitrogens is 3. The molecular formula is C16H15N3O2S. The molecule has 0 amide bonds. The molecule has 0 aliphatic carbocycles. The molecule has 3 aromatic rings. The largest absolute Gasteiger partial charge is 0.493 e. The summed E-state index contributed by atoms with van der Waals surface area (Å²) in [5, 5.41) is 7.20. The van der Waals surface area contributed by atoms with Gasteiger partial charge in [0.15, 0.2) is 22.1 Å². The van der Waals surface area contributed by atoms with Crippen molar-refractivity contribution in [1.82, 2.24) is 14.8 Å². The second-order valence-electron chi connectivity index (χ2n) is 4.56. The van der Waals surface area contributed by atoms with Crippen LogP contribution >= 0.6 is 12.2 Å². The monoisotopic (exact) mass is 313 g/mol. The predicted octanol–water partition coefficient (Wildman–Crippen LogP) is 3.61. The summed E-state index contributed by atoms with van der Waals surface area (Å²) in [4.78, 5) is 0. The second kappa shape index (κ2) is 6.03. The van der Waals surface area contributed by atoms with Crippen LogP contribution in [0.2, 0.25) is 0 Å². The minimum atomic E-state index is 0.520. The normalized spacial score (nSPS) is 10.5. The first-order valence-electron chi connectivity index (χ1n) is 6.70. The van der Waals surface area contributed by atoms with Crippen LogP contribution in [-0.2, 0) is 0 Å². The van der Waals surface area contributed by atoms with Crippen molar-refractivity contribution >= 4 is 12.2 Å². The summed E-state index contributed by atoms with van der Waals surface area (Å²) in [6.45, 7) is 0. The molecule has 0 spiro atoms. The molecule has 0 aliphatic heterocycles. The molecule has 0 unspecified atom stereocenters. The SMILES string of the molecule is COc1cccc(-c2n[nH]c(=S)n2-c2ccccc2)c1OC. The van der Waals surface area contributed by atoms with Gasteiger partial charge in [-0.05, 0) is 36.5 Å². The molecule has 6 heteroatoms. The summed E-state index contributed by atoms with van der Waals surface area (Å²) in [6.07, 6.45) is 0. The summed E-state index contributed by atoms with van der Waals surface area (Å²) >= 11 is 5.37. The van der Waals surface area contributed by atoms with E-state index in [1.807, 2.05) is 53.1 Å². The van der Waals surface area contributed by atoms with Gasteiger partial charge in [0.2, 0.25) is 0 Å². The van der Waals surface area contributed by atoms with E-state index in [0.717, 1.165) is 11.3 Å². The zero-order valence-electron chi connectivity index (χ0n) is 12.2. The van der Waals surface area contributed by atoms with Crippen LogP contribution in [0.25, 0.3) is 17.1 Å². The van der Waals surface area contributed by atoms with Gasteiger partial charge in [-0.25, -0.2) is 0 Å². The van der Waals surface area contributed by atoms with E-state index in [2.05, 4.69) is 10.2 Å². The van der Waals surface area contributed by atoms with Crippen LogP contribution in [-0.4, -0.2) is 29.0 Å². The van der Waals surface area contributed by atoms with E-state index >= 15 is 0 Å². The van der Waals surface area contributed by atoms with Crippen LogP contribution in [0.4, 0.5) is 0 Å². The number of para-hydroxylation sites is 2. The van der Waals surface area contributed by atoms with Crippen LogP contribution in [0.1, 0.15) is 0 Å². The minimum Gasteiger partial charge on any atom is -0.493 e. The molecule has 0 fully saturated rings. The van der Waals surface area contributed by atoms with Gasteiger partial charge >= 0.3 is 0 Å². The number of methoxy groups -OCH3 is 2. The Morgan fingerprint density at radius 3 is 2.45 bits per heavy atom. The highest BCUT2D eigenvalue weighted by Gasteiger charge is 2.17. The lowest BCUT2D eigenvalue weighted by atomic mass is 10.1. The van der Waals surface area contributed by atoms with E-state index in [-0.39, 0.29) is 0 Å². The first-order chi connectivity index (χ1) is 10.8. The number of hydrogen-bond donors (Lipinski definition) is 1. The first-order valence-corrected chi connectivity index (χ1v) is 7.11. The summed E-state index contributed by atoms with van der Waals surface area (Å²) in [6, 6.07) is 15.5. The fraction of sp³-hybridized carbons (Fsp3) is 0.125. The van der Waals surface area contributed by atoms with Crippen LogP contribution in [0.15, 0.2) is 48.5 Å². The fourth-order valence-corrected chi connectivity index (χ4v) is 2.59. The van der Waals surface area contributed by atoms with Crippen molar-refractivity contribution in [3.63, 3.8) is 0 Å². The maximum Gasteiger partial charge on any atom is 0.200 e. The molecule has 2 aromatic carbocycles. The van der Waals surface area contributed by atoms with Crippen molar-refractivity contribution in [3.8, 4) is 28.6 Å². The highest BCUT2D eigenvalue weighted by atomic mass is 32.1. The zero-order chi connectivity index (χ0) is 15.5. The number of rotatable bonds is 4. The van der Waals surface area contributed by atoms with Crippen LogP contribution in [0.3, 0.4) is 0 Å². The van der Waals surface area contributed by atoms with Crippen molar-refractivity contribution < 1.29 is 9.47 Å². The molecule has 0 saturated carbocycles. The Kier molecular flexibility index (Phi) is 3.93. The maximum absolute atomic E-state index is 5.50. The van der Waals surface area contributed by atoms with Crippen LogP contribution in [0, 0.1) is 4.77 Å². The van der Waals surface area contributed by atoms with E-state index in [0.29, 0.717) is 22.1 Å². The van der Waals surface area contributed by atoms with Gasteiger partial charge in [0.05, 0.1) is 19.8 Å². The van der Waals surface area contributed by atoms with Crippen molar-refractivity contribution in [2.75, 3.05) is 14.2 Å². The van der Waals surface area contributed by atoms with E-state index < -0.39 is 0 Å². The molecule has 0 saturated heterocycles. The average molecular weight is 313 g/mol. The minimum absolute atomic E-state index is 0.520. The number of benzene rings is 2. The highest BCUT2D eigenvalue weighted by molar-refractivity contribution is 7.71. The number of H-pyrrole nitrogens is 1. The van der Waals surface area contributed by atoms with Crippen molar-refractivity contribution in [3.05, 3.63) is 53.3 Å². The fourth-order valence-electron chi connectivity index (χ4n) is 2.36. The van der Waals surface area contributed by atoms with E-state index in [1.165, 1.54) is 0 Å². The zero-order valence-corrected chi connectivity index (χ0v) is 13.1. The summed E-state index contributed by atoms with van der Waals surface area (Å²) in [5.41, 5.74) is 1.74. The van der Waals surface area contributed by atoms with Gasteiger partial charge in [-0.2, -0.15) is 5.10 Å². The Morgan fingerprint density at radius 1 is 1.00 bits per heavy atom. The Morgan fingerprint density at radius 2 is 1.77 bits per heavy atom. The van der Waals surface area contributed by atoms with Gasteiger partial charge in [-0.1, -0.05) is 24.3 Å².